The fraction of sp³-hybridized carbons (Fsp3) is 0.357. The van der Waals surface area contributed by atoms with Gasteiger partial charge in [0.25, 0.3) is 0 Å². The van der Waals surface area contributed by atoms with Gasteiger partial charge in [-0.1, -0.05) is 43.3 Å². The number of hydrogen-bond donors (Lipinski definition) is 2. The van der Waals surface area contributed by atoms with Crippen molar-refractivity contribution in [2.75, 3.05) is 32.8 Å². The van der Waals surface area contributed by atoms with Gasteiger partial charge in [-0.15, -0.1) is 0 Å². The second kappa shape index (κ2) is 9.57. The third kappa shape index (κ3) is 4.08. The smallest absolute Gasteiger partial charge is 0.162 e. The van der Waals surface area contributed by atoms with E-state index in [-0.39, 0.29) is 12.1 Å². The number of rotatable bonds is 7. The normalized spacial score (nSPS) is 21.1. The molecule has 3 atom stereocenters. The maximum Gasteiger partial charge on any atom is 0.162 e. The van der Waals surface area contributed by atoms with Gasteiger partial charge in [-0.2, -0.15) is 0 Å². The van der Waals surface area contributed by atoms with E-state index in [1.54, 1.807) is 21.3 Å². The molecule has 1 saturated heterocycles. The molecule has 3 unspecified atom stereocenters. The Bertz CT molecular complexity index is 1150. The van der Waals surface area contributed by atoms with Gasteiger partial charge in [0.1, 0.15) is 5.75 Å². The average molecular weight is 460 g/mol. The quantitative estimate of drug-likeness (QED) is 0.529. The summed E-state index contributed by atoms with van der Waals surface area (Å²) in [6, 6.07) is 21.9. The summed E-state index contributed by atoms with van der Waals surface area (Å²) in [5.41, 5.74) is 13.4. The van der Waals surface area contributed by atoms with Crippen LogP contribution in [0.4, 0.5) is 5.69 Å². The van der Waals surface area contributed by atoms with Gasteiger partial charge < -0.3 is 19.1 Å². The predicted molar refractivity (Wildman–Crippen MR) is 135 cm³/mol. The van der Waals surface area contributed by atoms with Crippen LogP contribution in [0, 0.1) is 5.92 Å². The van der Waals surface area contributed by atoms with Gasteiger partial charge in [0.15, 0.2) is 11.5 Å². The zero-order valence-electron chi connectivity index (χ0n) is 20.3. The van der Waals surface area contributed by atoms with Crippen LogP contribution in [0.3, 0.4) is 0 Å². The van der Waals surface area contributed by atoms with Gasteiger partial charge in [-0.05, 0) is 46.9 Å². The Morgan fingerprint density at radius 1 is 0.824 bits per heavy atom. The minimum absolute atomic E-state index is 0.173. The molecule has 0 amide bonds. The molecule has 34 heavy (non-hydrogen) atoms. The summed E-state index contributed by atoms with van der Waals surface area (Å²) in [6.07, 6.45) is 1.05. The topological polar surface area (TPSA) is 55.0 Å². The lowest BCUT2D eigenvalue weighted by Crippen LogP contribution is -2.39. The van der Waals surface area contributed by atoms with Crippen molar-refractivity contribution >= 4 is 5.69 Å². The molecule has 6 heteroatoms. The Labute approximate surface area is 201 Å². The van der Waals surface area contributed by atoms with E-state index < -0.39 is 0 Å². The number of ether oxygens (including phenoxy) is 3. The molecule has 0 aliphatic carbocycles. The number of methoxy groups -OCH3 is 3. The minimum atomic E-state index is 0.173. The Morgan fingerprint density at radius 3 is 2.26 bits per heavy atom. The maximum atomic E-state index is 5.66. The number of benzene rings is 3. The van der Waals surface area contributed by atoms with E-state index in [9.17, 15) is 0 Å². The predicted octanol–water partition coefficient (Wildman–Crippen LogP) is 4.80. The fourth-order valence-electron chi connectivity index (χ4n) is 5.30. The van der Waals surface area contributed by atoms with Crippen LogP contribution >= 0.6 is 0 Å². The number of nitrogens with zero attached hydrogens (tertiary/aromatic N) is 1. The van der Waals surface area contributed by atoms with Gasteiger partial charge in [0.05, 0.1) is 33.4 Å². The molecule has 6 nitrogen and oxygen atoms in total. The summed E-state index contributed by atoms with van der Waals surface area (Å²) in [7, 11) is 5.09. The van der Waals surface area contributed by atoms with E-state index in [0.717, 1.165) is 42.4 Å². The molecule has 0 aromatic heterocycles. The first-order valence-corrected chi connectivity index (χ1v) is 11.9. The second-order valence-electron chi connectivity index (χ2n) is 9.00. The number of nitrogens with one attached hydrogen (secondary N) is 2. The highest BCUT2D eigenvalue weighted by Crippen LogP contribution is 2.49. The van der Waals surface area contributed by atoms with Crippen molar-refractivity contribution in [1.29, 1.82) is 0 Å². The lowest BCUT2D eigenvalue weighted by atomic mass is 9.81. The summed E-state index contributed by atoms with van der Waals surface area (Å²) >= 11 is 0. The fourth-order valence-corrected chi connectivity index (χ4v) is 5.30. The van der Waals surface area contributed by atoms with Gasteiger partial charge in [0.2, 0.25) is 0 Å². The van der Waals surface area contributed by atoms with Crippen LogP contribution < -0.4 is 30.0 Å². The van der Waals surface area contributed by atoms with Crippen LogP contribution in [0.1, 0.15) is 41.3 Å². The van der Waals surface area contributed by atoms with Crippen LogP contribution in [0.2, 0.25) is 0 Å². The molecule has 0 saturated carbocycles. The first-order valence-electron chi connectivity index (χ1n) is 11.9. The molecule has 2 N–H and O–H groups in total. The second-order valence-corrected chi connectivity index (χ2v) is 9.00. The summed E-state index contributed by atoms with van der Waals surface area (Å²) < 4.78 is 16.8. The Hall–Kier alpha value is -3.22. The molecule has 2 heterocycles. The Kier molecular flexibility index (Phi) is 6.35. The van der Waals surface area contributed by atoms with Gasteiger partial charge >= 0.3 is 0 Å². The Balaban J connectivity index is 1.54. The van der Waals surface area contributed by atoms with Crippen LogP contribution in [0.5, 0.6) is 17.2 Å². The average Bonchev–Trinajstić information content (AvgIpc) is 3.32. The van der Waals surface area contributed by atoms with E-state index in [4.69, 9.17) is 14.2 Å². The van der Waals surface area contributed by atoms with Crippen molar-refractivity contribution in [3.63, 3.8) is 0 Å². The molecule has 1 fully saturated rings. The highest BCUT2D eigenvalue weighted by atomic mass is 16.5. The monoisotopic (exact) mass is 459 g/mol. The van der Waals surface area contributed by atoms with Crippen molar-refractivity contribution in [2.24, 2.45) is 5.92 Å². The summed E-state index contributed by atoms with van der Waals surface area (Å²) in [4.78, 5) is 2.45. The summed E-state index contributed by atoms with van der Waals surface area (Å²) in [6.45, 7) is 3.88. The lowest BCUT2D eigenvalue weighted by Gasteiger charge is -2.39. The molecule has 0 bridgehead atoms. The number of hydrazine groups is 1. The van der Waals surface area contributed by atoms with Gasteiger partial charge in [-0.3, -0.25) is 0 Å². The summed E-state index contributed by atoms with van der Waals surface area (Å²) in [5, 5.41) is 0. The molecule has 5 rings (SSSR count). The first-order chi connectivity index (χ1) is 16.6. The largest absolute Gasteiger partial charge is 0.497 e. The molecule has 3 aromatic rings. The Morgan fingerprint density at radius 2 is 1.56 bits per heavy atom. The van der Waals surface area contributed by atoms with Crippen molar-refractivity contribution in [3.8, 4) is 17.2 Å². The SMILES string of the molecule is CCc1ccc(C2NNC3c4cc(OC)c(OC)cc4N(Cc4cccc(OC)c4)CC23)cc1. The van der Waals surface area contributed by atoms with E-state index in [1.807, 2.05) is 12.1 Å². The van der Waals surface area contributed by atoms with E-state index in [0.29, 0.717) is 5.92 Å². The van der Waals surface area contributed by atoms with Crippen molar-refractivity contribution in [3.05, 3.63) is 82.9 Å². The van der Waals surface area contributed by atoms with E-state index in [2.05, 4.69) is 71.2 Å². The third-order valence-electron chi connectivity index (χ3n) is 7.15. The molecule has 2 aliphatic heterocycles. The van der Waals surface area contributed by atoms with Crippen LogP contribution in [-0.2, 0) is 13.0 Å². The third-order valence-corrected chi connectivity index (χ3v) is 7.15. The molecule has 0 spiro atoms. The number of aryl methyl sites for hydroxylation is 1. The molecule has 3 aromatic carbocycles. The minimum Gasteiger partial charge on any atom is -0.497 e. The number of hydrogen-bond acceptors (Lipinski definition) is 6. The zero-order chi connectivity index (χ0) is 23.7. The molecule has 2 aliphatic rings. The number of anilines is 1. The van der Waals surface area contributed by atoms with Crippen LogP contribution in [-0.4, -0.2) is 27.9 Å². The van der Waals surface area contributed by atoms with E-state index in [1.165, 1.54) is 22.3 Å². The summed E-state index contributed by atoms with van der Waals surface area (Å²) in [5.74, 6) is 2.72. The van der Waals surface area contributed by atoms with Crippen molar-refractivity contribution in [2.45, 2.75) is 32.0 Å². The van der Waals surface area contributed by atoms with E-state index >= 15 is 0 Å². The highest BCUT2D eigenvalue weighted by Gasteiger charge is 2.43. The molecule has 0 radical (unpaired) electrons. The molecule has 178 valence electrons. The van der Waals surface area contributed by atoms with Crippen LogP contribution in [0.25, 0.3) is 0 Å². The van der Waals surface area contributed by atoms with Crippen molar-refractivity contribution < 1.29 is 14.2 Å². The van der Waals surface area contributed by atoms with Gasteiger partial charge in [-0.25, -0.2) is 10.9 Å². The first kappa shape index (κ1) is 22.6. The molecular formula is C28H33N3O3. The number of fused-ring (bicyclic) bond motifs is 3. The highest BCUT2D eigenvalue weighted by molar-refractivity contribution is 5.65. The van der Waals surface area contributed by atoms with Crippen LogP contribution in [0.15, 0.2) is 60.7 Å². The zero-order valence-corrected chi connectivity index (χ0v) is 20.3. The van der Waals surface area contributed by atoms with Crippen molar-refractivity contribution in [1.82, 2.24) is 10.9 Å². The van der Waals surface area contributed by atoms with Gasteiger partial charge in [0, 0.05) is 30.8 Å². The maximum absolute atomic E-state index is 5.66. The lowest BCUT2D eigenvalue weighted by molar-refractivity contribution is 0.350. The molecular weight excluding hydrogens is 426 g/mol. The standard InChI is InChI=1S/C28H33N3O3/c1-5-18-9-11-20(12-10-18)27-23-17-31(16-19-7-6-8-21(13-19)32-2)24-15-26(34-4)25(33-3)14-22(24)28(23)30-29-27/h6-15,23,27-30H,5,16-17H2,1-4H3.